The van der Waals surface area contributed by atoms with E-state index >= 15 is 0 Å². The molecule has 0 aliphatic carbocycles. The van der Waals surface area contributed by atoms with Gasteiger partial charge in [-0.15, -0.1) is 0 Å². The molecule has 38 heavy (non-hydrogen) atoms. The van der Waals surface area contributed by atoms with Crippen molar-refractivity contribution in [1.29, 1.82) is 0 Å². The molecule has 0 saturated carbocycles. The molecule has 3 aromatic rings. The summed E-state index contributed by atoms with van der Waals surface area (Å²) in [6.07, 6.45) is -4.31. The van der Waals surface area contributed by atoms with Gasteiger partial charge in [0.05, 0.1) is 30.4 Å². The summed E-state index contributed by atoms with van der Waals surface area (Å²) in [5.74, 6) is -4.31. The third kappa shape index (κ3) is 7.24. The standard InChI is InChI=1S/C26H21BrClNO9/c1-35-17-7-3-5-14(11-17)25(33)37-21(23(30)29-16-9-10-19(27)20(28)13-16)22(24(31)32)38-26(34)15-6-4-8-18(12-15)36-2/h3-13,21-22H,1-2H3,(H,29,30)(H,31,32)/t21-,22+/m0/s1. The van der Waals surface area contributed by atoms with Gasteiger partial charge >= 0.3 is 17.9 Å². The molecule has 0 saturated heterocycles. The van der Waals surface area contributed by atoms with Crippen LogP contribution in [0.1, 0.15) is 20.7 Å². The van der Waals surface area contributed by atoms with Gasteiger partial charge in [-0.05, 0) is 70.5 Å². The summed E-state index contributed by atoms with van der Waals surface area (Å²) < 4.78 is 21.2. The van der Waals surface area contributed by atoms with E-state index in [4.69, 9.17) is 30.5 Å². The maximum atomic E-state index is 13.2. The lowest BCUT2D eigenvalue weighted by atomic mass is 10.1. The van der Waals surface area contributed by atoms with Crippen LogP contribution in [0.15, 0.2) is 71.2 Å². The molecule has 3 rings (SSSR count). The van der Waals surface area contributed by atoms with Crippen LogP contribution in [-0.2, 0) is 19.1 Å². The predicted octanol–water partition coefficient (Wildman–Crippen LogP) is 4.59. The van der Waals surface area contributed by atoms with Crippen LogP contribution in [0.3, 0.4) is 0 Å². The van der Waals surface area contributed by atoms with Crippen LogP contribution >= 0.6 is 27.5 Å². The van der Waals surface area contributed by atoms with Crippen molar-refractivity contribution in [2.24, 2.45) is 0 Å². The number of carbonyl (C=O) groups excluding carboxylic acids is 3. The predicted molar refractivity (Wildman–Crippen MR) is 140 cm³/mol. The number of methoxy groups -OCH3 is 2. The molecule has 0 fully saturated rings. The van der Waals surface area contributed by atoms with E-state index in [1.807, 2.05) is 0 Å². The molecule has 0 heterocycles. The Morgan fingerprint density at radius 3 is 1.82 bits per heavy atom. The van der Waals surface area contributed by atoms with Crippen molar-refractivity contribution in [3.8, 4) is 11.5 Å². The average Bonchev–Trinajstić information content (AvgIpc) is 2.92. The van der Waals surface area contributed by atoms with Gasteiger partial charge in [0.2, 0.25) is 12.2 Å². The van der Waals surface area contributed by atoms with Crippen molar-refractivity contribution >= 4 is 57.0 Å². The normalized spacial score (nSPS) is 12.0. The van der Waals surface area contributed by atoms with Gasteiger partial charge < -0.3 is 29.4 Å². The highest BCUT2D eigenvalue weighted by atomic mass is 79.9. The van der Waals surface area contributed by atoms with Gasteiger partial charge in [-0.25, -0.2) is 14.4 Å². The van der Waals surface area contributed by atoms with Crippen molar-refractivity contribution in [1.82, 2.24) is 0 Å². The second-order valence-electron chi connectivity index (χ2n) is 7.57. The van der Waals surface area contributed by atoms with Gasteiger partial charge in [0.25, 0.3) is 5.91 Å². The Bertz CT molecular complexity index is 1360. The molecule has 1 amide bonds. The van der Waals surface area contributed by atoms with Crippen molar-refractivity contribution in [3.05, 3.63) is 87.4 Å². The molecular weight excluding hydrogens is 586 g/mol. The maximum absolute atomic E-state index is 13.2. The highest BCUT2D eigenvalue weighted by molar-refractivity contribution is 9.10. The topological polar surface area (TPSA) is 137 Å². The van der Waals surface area contributed by atoms with E-state index in [9.17, 15) is 24.3 Å². The zero-order valence-electron chi connectivity index (χ0n) is 20.0. The van der Waals surface area contributed by atoms with Gasteiger partial charge in [-0.3, -0.25) is 4.79 Å². The molecule has 3 aromatic carbocycles. The molecule has 0 spiro atoms. The molecule has 0 aromatic heterocycles. The Hall–Kier alpha value is -4.09. The number of halogens is 2. The number of carbonyl (C=O) groups is 4. The van der Waals surface area contributed by atoms with E-state index in [1.54, 1.807) is 18.2 Å². The molecule has 0 bridgehead atoms. The van der Waals surface area contributed by atoms with E-state index in [0.717, 1.165) is 0 Å². The summed E-state index contributed by atoms with van der Waals surface area (Å²) in [6, 6.07) is 16.0. The van der Waals surface area contributed by atoms with Crippen LogP contribution in [0.2, 0.25) is 5.02 Å². The number of ether oxygens (including phenoxy) is 4. The second kappa shape index (κ2) is 12.9. The van der Waals surface area contributed by atoms with Crippen LogP contribution in [0, 0.1) is 0 Å². The van der Waals surface area contributed by atoms with E-state index in [0.29, 0.717) is 16.0 Å². The van der Waals surface area contributed by atoms with Crippen LogP contribution < -0.4 is 14.8 Å². The molecule has 0 radical (unpaired) electrons. The van der Waals surface area contributed by atoms with Crippen molar-refractivity contribution in [2.45, 2.75) is 12.2 Å². The summed E-state index contributed by atoms with van der Waals surface area (Å²) in [5, 5.41) is 12.6. The Kier molecular flexibility index (Phi) is 9.69. The summed E-state index contributed by atoms with van der Waals surface area (Å²) >= 11 is 9.30. The first-order chi connectivity index (χ1) is 18.1. The molecule has 198 valence electrons. The number of hydrogen-bond acceptors (Lipinski definition) is 8. The molecule has 2 N–H and O–H groups in total. The number of benzene rings is 3. The van der Waals surface area contributed by atoms with E-state index < -0.39 is 36.0 Å². The molecule has 0 aliphatic rings. The average molecular weight is 607 g/mol. The number of amides is 1. The molecule has 0 aliphatic heterocycles. The Labute approximate surface area is 230 Å². The maximum Gasteiger partial charge on any atom is 0.349 e. The van der Waals surface area contributed by atoms with Crippen LogP contribution in [0.25, 0.3) is 0 Å². The molecule has 2 atom stereocenters. The van der Waals surface area contributed by atoms with Crippen LogP contribution in [0.5, 0.6) is 11.5 Å². The van der Waals surface area contributed by atoms with Gasteiger partial charge in [0.15, 0.2) is 0 Å². The van der Waals surface area contributed by atoms with Crippen LogP contribution in [-0.4, -0.2) is 55.3 Å². The lowest BCUT2D eigenvalue weighted by Gasteiger charge is -2.23. The first-order valence-corrected chi connectivity index (χ1v) is 12.0. The third-order valence-electron chi connectivity index (χ3n) is 5.04. The van der Waals surface area contributed by atoms with Crippen LogP contribution in [0.4, 0.5) is 5.69 Å². The minimum absolute atomic E-state index is 0.0305. The first kappa shape index (κ1) is 28.5. The zero-order chi connectivity index (χ0) is 27.8. The van der Waals surface area contributed by atoms with E-state index in [-0.39, 0.29) is 21.8 Å². The molecule has 10 nitrogen and oxygen atoms in total. The van der Waals surface area contributed by atoms with Crippen molar-refractivity contribution in [3.63, 3.8) is 0 Å². The number of esters is 2. The number of carboxylic acids is 1. The lowest BCUT2D eigenvalue weighted by molar-refractivity contribution is -0.157. The first-order valence-electron chi connectivity index (χ1n) is 10.8. The van der Waals surface area contributed by atoms with E-state index in [1.165, 1.54) is 62.8 Å². The van der Waals surface area contributed by atoms with E-state index in [2.05, 4.69) is 21.2 Å². The highest BCUT2D eigenvalue weighted by Gasteiger charge is 2.41. The van der Waals surface area contributed by atoms with Gasteiger partial charge in [-0.2, -0.15) is 0 Å². The fraction of sp³-hybridized carbons (Fsp3) is 0.154. The smallest absolute Gasteiger partial charge is 0.349 e. The quantitative estimate of drug-likeness (QED) is 0.317. The number of anilines is 1. The molecular formula is C26H21BrClNO9. The van der Waals surface area contributed by atoms with Crippen molar-refractivity contribution in [2.75, 3.05) is 19.5 Å². The number of nitrogens with one attached hydrogen (secondary N) is 1. The fourth-order valence-electron chi connectivity index (χ4n) is 3.15. The SMILES string of the molecule is COc1cccc(C(=O)O[C@H](C(=O)Nc2ccc(Br)c(Cl)c2)[C@@H](OC(=O)c2cccc(OC)c2)C(=O)O)c1. The molecule has 12 heteroatoms. The Morgan fingerprint density at radius 1 is 0.816 bits per heavy atom. The number of rotatable bonds is 10. The van der Waals surface area contributed by atoms with Gasteiger partial charge in [-0.1, -0.05) is 23.7 Å². The molecule has 0 unspecified atom stereocenters. The Morgan fingerprint density at radius 2 is 1.34 bits per heavy atom. The fourth-order valence-corrected chi connectivity index (χ4v) is 3.58. The zero-order valence-corrected chi connectivity index (χ0v) is 22.3. The number of aliphatic carboxylic acids is 1. The number of hydrogen-bond donors (Lipinski definition) is 2. The third-order valence-corrected chi connectivity index (χ3v) is 6.28. The number of carboxylic acid groups (broad SMARTS) is 1. The summed E-state index contributed by atoms with van der Waals surface area (Å²) in [6.45, 7) is 0. The second-order valence-corrected chi connectivity index (χ2v) is 8.83. The largest absolute Gasteiger partial charge is 0.497 e. The van der Waals surface area contributed by atoms with Crippen molar-refractivity contribution < 1.29 is 43.2 Å². The van der Waals surface area contributed by atoms with Gasteiger partial charge in [0.1, 0.15) is 11.5 Å². The summed E-state index contributed by atoms with van der Waals surface area (Å²) in [4.78, 5) is 51.1. The highest BCUT2D eigenvalue weighted by Crippen LogP contribution is 2.26. The Balaban J connectivity index is 1.94. The van der Waals surface area contributed by atoms with Gasteiger partial charge in [0, 0.05) is 10.2 Å². The minimum atomic E-state index is -2.21. The summed E-state index contributed by atoms with van der Waals surface area (Å²) in [7, 11) is 2.78. The monoisotopic (exact) mass is 605 g/mol. The summed E-state index contributed by atoms with van der Waals surface area (Å²) in [5.41, 5.74) is 0.0968. The minimum Gasteiger partial charge on any atom is -0.497 e. The lowest BCUT2D eigenvalue weighted by Crippen LogP contribution is -2.48.